The van der Waals surface area contributed by atoms with Gasteiger partial charge in [-0.2, -0.15) is 0 Å². The van der Waals surface area contributed by atoms with Crippen LogP contribution in [0.1, 0.15) is 11.1 Å². The summed E-state index contributed by atoms with van der Waals surface area (Å²) in [5.41, 5.74) is 2.02. The van der Waals surface area contributed by atoms with E-state index in [-0.39, 0.29) is 0 Å². The Kier molecular flexibility index (Phi) is 7.46. The first-order valence-electron chi connectivity index (χ1n) is 8.85. The zero-order valence-corrected chi connectivity index (χ0v) is 16.0. The molecule has 1 heterocycles. The molecule has 1 N–H and O–H groups in total. The molecule has 27 heavy (non-hydrogen) atoms. The second-order valence-corrected chi connectivity index (χ2v) is 6.63. The lowest BCUT2D eigenvalue weighted by atomic mass is 9.99. The molecule has 3 rings (SSSR count). The molecule has 0 bridgehead atoms. The van der Waals surface area contributed by atoms with Crippen LogP contribution in [0.2, 0.25) is 0 Å². The molecular weight excluding hydrogens is 364 g/mol. The fraction of sp³-hybridized carbons (Fsp3) is 0.381. The Bertz CT molecular complexity index is 696. The number of methoxy groups -OCH3 is 1. The van der Waals surface area contributed by atoms with E-state index in [4.69, 9.17) is 31.2 Å². The molecule has 0 aliphatic carbocycles. The Morgan fingerprint density at radius 2 is 1.44 bits per heavy atom. The molecule has 1 aliphatic heterocycles. The quantitative estimate of drug-likeness (QED) is 0.702. The van der Waals surface area contributed by atoms with Gasteiger partial charge in [0.1, 0.15) is 24.4 Å². The van der Waals surface area contributed by atoms with Gasteiger partial charge in [-0.15, -0.1) is 0 Å². The molecule has 0 aromatic heterocycles. The van der Waals surface area contributed by atoms with E-state index in [1.165, 1.54) is 12.5 Å². The third-order valence-corrected chi connectivity index (χ3v) is 4.76. The minimum atomic E-state index is -0.946. The van der Waals surface area contributed by atoms with Gasteiger partial charge in [-0.1, -0.05) is 72.9 Å². The summed E-state index contributed by atoms with van der Waals surface area (Å²) in [5, 5.41) is 12.1. The van der Waals surface area contributed by atoms with Crippen molar-refractivity contribution in [2.75, 3.05) is 7.11 Å². The molecule has 1 aliphatic rings. The summed E-state index contributed by atoms with van der Waals surface area (Å²) >= 11 is 5.00. The summed E-state index contributed by atoms with van der Waals surface area (Å²) in [4.78, 5) is 0. The first-order chi connectivity index (χ1) is 13.2. The van der Waals surface area contributed by atoms with Crippen molar-refractivity contribution in [1.82, 2.24) is 0 Å². The number of benzene rings is 2. The van der Waals surface area contributed by atoms with E-state index in [1.807, 2.05) is 60.7 Å². The lowest BCUT2D eigenvalue weighted by Crippen LogP contribution is -2.60. The maximum Gasteiger partial charge on any atom is 0.186 e. The Morgan fingerprint density at radius 3 is 1.93 bits per heavy atom. The van der Waals surface area contributed by atoms with Crippen LogP contribution in [0, 0.1) is 0 Å². The van der Waals surface area contributed by atoms with Gasteiger partial charge in [0, 0.05) is 12.5 Å². The highest BCUT2D eigenvalue weighted by Gasteiger charge is 2.46. The highest BCUT2D eigenvalue weighted by atomic mass is 32.1. The standard InChI is InChI=1S/C21H24O5S/c1-23-21-20(25-13-16-10-6-3-7-11-16)19(18(22)17(14-27)26-21)24-12-15-8-4-2-5-9-15/h2-11,14,17-22H,12-13H2,1H3/t17-,18-,19+,20-,21+/m1/s1. The first kappa shape index (κ1) is 20.1. The lowest BCUT2D eigenvalue weighted by molar-refractivity contribution is -0.297. The zero-order valence-electron chi connectivity index (χ0n) is 15.1. The Balaban J connectivity index is 1.74. The third-order valence-electron chi connectivity index (χ3n) is 4.49. The van der Waals surface area contributed by atoms with E-state index in [2.05, 4.69) is 0 Å². The molecule has 1 saturated heterocycles. The van der Waals surface area contributed by atoms with Crippen molar-refractivity contribution in [2.24, 2.45) is 0 Å². The topological polar surface area (TPSA) is 57.2 Å². The first-order valence-corrected chi connectivity index (χ1v) is 9.32. The van der Waals surface area contributed by atoms with Gasteiger partial charge in [-0.25, -0.2) is 0 Å². The minimum absolute atomic E-state index is 0.342. The summed E-state index contributed by atoms with van der Waals surface area (Å²) in [6, 6.07) is 19.6. The van der Waals surface area contributed by atoms with Crippen molar-refractivity contribution in [3.05, 3.63) is 71.8 Å². The molecule has 1 fully saturated rings. The monoisotopic (exact) mass is 388 g/mol. The molecule has 5 atom stereocenters. The van der Waals surface area contributed by atoms with Gasteiger partial charge in [-0.05, 0) is 11.1 Å². The van der Waals surface area contributed by atoms with Gasteiger partial charge in [0.2, 0.25) is 0 Å². The zero-order chi connectivity index (χ0) is 19.1. The van der Waals surface area contributed by atoms with Crippen LogP contribution >= 0.6 is 12.2 Å². The molecule has 0 saturated carbocycles. The number of rotatable bonds is 8. The number of ether oxygens (including phenoxy) is 4. The molecule has 6 heteroatoms. The minimum Gasteiger partial charge on any atom is -0.387 e. The summed E-state index contributed by atoms with van der Waals surface area (Å²) in [5.74, 6) is 0. The molecule has 0 amide bonds. The van der Waals surface area contributed by atoms with Crippen molar-refractivity contribution < 1.29 is 24.1 Å². The highest BCUT2D eigenvalue weighted by molar-refractivity contribution is 7.79. The van der Waals surface area contributed by atoms with Gasteiger partial charge in [0.15, 0.2) is 6.29 Å². The maximum atomic E-state index is 10.7. The fourth-order valence-electron chi connectivity index (χ4n) is 3.05. The van der Waals surface area contributed by atoms with Gasteiger partial charge < -0.3 is 24.1 Å². The van der Waals surface area contributed by atoms with Gasteiger partial charge in [-0.3, -0.25) is 0 Å². The van der Waals surface area contributed by atoms with Gasteiger partial charge in [0.25, 0.3) is 0 Å². The molecule has 5 nitrogen and oxygen atoms in total. The number of aliphatic hydroxyl groups is 1. The summed E-state index contributed by atoms with van der Waals surface area (Å²) < 4.78 is 23.3. The Labute approximate surface area is 164 Å². The normalized spacial score (nSPS) is 28.0. The van der Waals surface area contributed by atoms with E-state index in [0.29, 0.717) is 13.2 Å². The molecule has 2 aromatic carbocycles. The predicted molar refractivity (Wildman–Crippen MR) is 105 cm³/mol. The van der Waals surface area contributed by atoms with Crippen molar-refractivity contribution in [2.45, 2.75) is 43.9 Å². The smallest absolute Gasteiger partial charge is 0.186 e. The van der Waals surface area contributed by atoms with Crippen LogP contribution in [0.5, 0.6) is 0 Å². The van der Waals surface area contributed by atoms with Gasteiger partial charge in [0.05, 0.1) is 13.2 Å². The van der Waals surface area contributed by atoms with Crippen LogP contribution in [0.3, 0.4) is 0 Å². The summed E-state index contributed by atoms with van der Waals surface area (Å²) in [6.45, 7) is 0.698. The van der Waals surface area contributed by atoms with Crippen molar-refractivity contribution in [3.63, 3.8) is 0 Å². The average molecular weight is 388 g/mol. The summed E-state index contributed by atoms with van der Waals surface area (Å²) in [7, 11) is 1.54. The summed E-state index contributed by atoms with van der Waals surface area (Å²) in [6.07, 6.45) is -3.54. The highest BCUT2D eigenvalue weighted by Crippen LogP contribution is 2.27. The second kappa shape index (κ2) is 10.0. The van der Waals surface area contributed by atoms with Crippen LogP contribution in [-0.2, 0) is 32.2 Å². The van der Waals surface area contributed by atoms with E-state index < -0.39 is 30.7 Å². The van der Waals surface area contributed by atoms with E-state index in [0.717, 1.165) is 11.1 Å². The Hall–Kier alpha value is -1.67. The SMILES string of the molecule is CO[C@H]1O[C@H](C=S)[C@@H](O)[C@H](OCc2ccccc2)[C@H]1OCc1ccccc1. The molecule has 144 valence electrons. The van der Waals surface area contributed by atoms with Crippen LogP contribution in [0.4, 0.5) is 0 Å². The van der Waals surface area contributed by atoms with Crippen molar-refractivity contribution in [1.29, 1.82) is 0 Å². The van der Waals surface area contributed by atoms with Crippen molar-refractivity contribution >= 4 is 17.6 Å². The molecule has 0 spiro atoms. The number of hydrogen-bond acceptors (Lipinski definition) is 6. The number of hydrogen-bond donors (Lipinski definition) is 1. The molecule has 0 unspecified atom stereocenters. The van der Waals surface area contributed by atoms with E-state index >= 15 is 0 Å². The van der Waals surface area contributed by atoms with Gasteiger partial charge >= 0.3 is 0 Å². The maximum absolute atomic E-state index is 10.7. The van der Waals surface area contributed by atoms with Crippen LogP contribution in [0.15, 0.2) is 60.7 Å². The Morgan fingerprint density at radius 1 is 0.926 bits per heavy atom. The predicted octanol–water partition coefficient (Wildman–Crippen LogP) is 2.89. The molecule has 2 aromatic rings. The van der Waals surface area contributed by atoms with Crippen LogP contribution in [-0.4, -0.2) is 48.3 Å². The second-order valence-electron chi connectivity index (χ2n) is 6.35. The van der Waals surface area contributed by atoms with Crippen molar-refractivity contribution in [3.8, 4) is 0 Å². The average Bonchev–Trinajstić information content (AvgIpc) is 2.73. The van der Waals surface area contributed by atoms with E-state index in [9.17, 15) is 5.11 Å². The molecular formula is C21H24O5S. The van der Waals surface area contributed by atoms with Crippen LogP contribution < -0.4 is 0 Å². The van der Waals surface area contributed by atoms with E-state index in [1.54, 1.807) is 0 Å². The number of thiocarbonyl (C=S) groups is 1. The van der Waals surface area contributed by atoms with Crippen LogP contribution in [0.25, 0.3) is 0 Å². The molecule has 0 radical (unpaired) electrons. The fourth-order valence-corrected chi connectivity index (χ4v) is 3.28. The number of aliphatic hydroxyl groups excluding tert-OH is 1. The lowest BCUT2D eigenvalue weighted by Gasteiger charge is -2.42. The third kappa shape index (κ3) is 5.19. The largest absolute Gasteiger partial charge is 0.387 e.